The SMILES string of the molecule is [2H]C([2H])([2H])N(C([2H])([2H])[2H])C([2H])([2H])C(c1ccc(O)cc1)C1(O)C([2H])([2H])C([2H])([2H])C([2H])([2H])C([2H])([2H])C1([2H])[2H]. The van der Waals surface area contributed by atoms with Crippen LogP contribution in [0.25, 0.3) is 0 Å². The molecule has 106 valence electrons. The number of phenolic OH excluding ortho intramolecular Hbond substituents is 1. The molecular weight excluding hydrogens is 238 g/mol. The van der Waals surface area contributed by atoms with Crippen LogP contribution >= 0.6 is 0 Å². The molecule has 1 fully saturated rings. The Morgan fingerprint density at radius 3 is 2.53 bits per heavy atom. The van der Waals surface area contributed by atoms with Crippen molar-refractivity contribution in [2.75, 3.05) is 20.4 Å². The summed E-state index contributed by atoms with van der Waals surface area (Å²) in [5, 5.41) is 21.5. The number of likely N-dealkylation sites (N-methyl/N-ethyl adjacent to an activating group) is 1. The number of hydrogen-bond acceptors (Lipinski definition) is 3. The number of aromatic hydroxyl groups is 1. The van der Waals surface area contributed by atoms with Gasteiger partial charge in [0.25, 0.3) is 0 Å². The lowest BCUT2D eigenvalue weighted by atomic mass is 9.72. The van der Waals surface area contributed by atoms with Gasteiger partial charge in [0.15, 0.2) is 0 Å². The van der Waals surface area contributed by atoms with Crippen LogP contribution in [-0.4, -0.2) is 41.2 Å². The number of rotatable bonds is 4. The van der Waals surface area contributed by atoms with Crippen LogP contribution in [0.1, 0.15) is 68.0 Å². The lowest BCUT2D eigenvalue weighted by Crippen LogP contribution is -2.42. The highest BCUT2D eigenvalue weighted by Gasteiger charge is 2.38. The zero-order valence-electron chi connectivity index (χ0n) is 27.7. The minimum Gasteiger partial charge on any atom is -0.508 e. The average molecular weight is 281 g/mol. The summed E-state index contributed by atoms with van der Waals surface area (Å²) >= 11 is 0. The summed E-state index contributed by atoms with van der Waals surface area (Å²) in [7, 11) is 0. The Kier molecular flexibility index (Phi) is 1.18. The first-order chi connectivity index (χ1) is 16.0. The molecule has 19 heavy (non-hydrogen) atoms. The van der Waals surface area contributed by atoms with E-state index in [9.17, 15) is 10.2 Å². The van der Waals surface area contributed by atoms with Gasteiger partial charge in [0.05, 0.1) is 5.60 Å². The molecular formula is C16H25NO2. The predicted molar refractivity (Wildman–Crippen MR) is 77.4 cm³/mol. The highest BCUT2D eigenvalue weighted by atomic mass is 16.3. The second kappa shape index (κ2) is 5.93. The molecule has 3 nitrogen and oxygen atoms in total. The Bertz CT molecular complexity index is 968. The fraction of sp³-hybridized carbons (Fsp3) is 0.625. The summed E-state index contributed by atoms with van der Waals surface area (Å²) in [6.07, 6.45) is -20.6. The van der Waals surface area contributed by atoms with Crippen molar-refractivity contribution < 1.29 is 34.9 Å². The van der Waals surface area contributed by atoms with Gasteiger partial charge in [-0.05, 0) is 44.4 Å². The number of phenols is 1. The summed E-state index contributed by atoms with van der Waals surface area (Å²) in [6, 6.07) is 3.17. The molecule has 1 aromatic rings. The first-order valence-corrected chi connectivity index (χ1v) is 5.31. The largest absolute Gasteiger partial charge is 0.508 e. The molecule has 0 spiro atoms. The van der Waals surface area contributed by atoms with Crippen molar-refractivity contribution in [3.8, 4) is 5.75 Å². The van der Waals surface area contributed by atoms with Crippen molar-refractivity contribution in [3.63, 3.8) is 0 Å². The van der Waals surface area contributed by atoms with Gasteiger partial charge >= 0.3 is 0 Å². The van der Waals surface area contributed by atoms with E-state index in [1.807, 2.05) is 0 Å². The van der Waals surface area contributed by atoms with Crippen molar-refractivity contribution in [1.29, 1.82) is 0 Å². The number of benzene rings is 1. The molecule has 0 saturated heterocycles. The maximum absolute atomic E-state index is 11.8. The minimum atomic E-state index is -4.31. The van der Waals surface area contributed by atoms with E-state index in [2.05, 4.69) is 0 Å². The minimum absolute atomic E-state index is 0.491. The predicted octanol–water partition coefficient (Wildman–Crippen LogP) is 2.73. The van der Waals surface area contributed by atoms with E-state index in [1.165, 1.54) is 0 Å². The Balaban J connectivity index is 3.17. The molecule has 0 aromatic heterocycles. The van der Waals surface area contributed by atoms with Gasteiger partial charge in [0.1, 0.15) is 5.75 Å². The Labute approximate surface area is 141 Å². The van der Waals surface area contributed by atoms with Gasteiger partial charge in [-0.15, -0.1) is 0 Å². The number of nitrogens with zero attached hydrogens (tertiary/aromatic N) is 1. The molecule has 0 aliphatic heterocycles. The van der Waals surface area contributed by atoms with E-state index in [1.54, 1.807) is 0 Å². The highest BCUT2D eigenvalue weighted by molar-refractivity contribution is 5.30. The van der Waals surface area contributed by atoms with Gasteiger partial charge in [-0.3, -0.25) is 0 Å². The second-order valence-corrected chi connectivity index (χ2v) is 3.88. The van der Waals surface area contributed by atoms with E-state index in [-0.39, 0.29) is 0 Å². The molecule has 1 saturated carbocycles. The fourth-order valence-electron chi connectivity index (χ4n) is 1.66. The molecule has 0 amide bonds. The van der Waals surface area contributed by atoms with Crippen molar-refractivity contribution in [1.82, 2.24) is 4.90 Å². The monoisotopic (exact) mass is 281 g/mol. The van der Waals surface area contributed by atoms with E-state index in [0.29, 0.717) is 0 Å². The molecule has 0 radical (unpaired) electrons. The van der Waals surface area contributed by atoms with Crippen LogP contribution in [0.15, 0.2) is 24.3 Å². The van der Waals surface area contributed by atoms with E-state index in [4.69, 9.17) is 24.7 Å². The van der Waals surface area contributed by atoms with Crippen LogP contribution < -0.4 is 0 Å². The summed E-state index contributed by atoms with van der Waals surface area (Å²) in [5.74, 6) is -3.53. The third kappa shape index (κ3) is 3.48. The van der Waals surface area contributed by atoms with Crippen molar-refractivity contribution in [3.05, 3.63) is 29.8 Å². The summed E-state index contributed by atoms with van der Waals surface area (Å²) in [5.41, 5.74) is -5.06. The molecule has 1 aliphatic carbocycles. The van der Waals surface area contributed by atoms with Gasteiger partial charge < -0.3 is 15.1 Å². The first kappa shape index (κ1) is 3.77. The van der Waals surface area contributed by atoms with E-state index >= 15 is 0 Å². The molecule has 0 heterocycles. The van der Waals surface area contributed by atoms with Gasteiger partial charge in [0, 0.05) is 37.1 Å². The molecule has 1 atom stereocenters. The summed E-state index contributed by atoms with van der Waals surface area (Å²) in [4.78, 5) is -0.733. The van der Waals surface area contributed by atoms with Gasteiger partial charge in [-0.25, -0.2) is 0 Å². The molecule has 2 N–H and O–H groups in total. The standard InChI is InChI=1S/C16H25NO2/c1-17(2)12-15(13-6-8-14(18)9-7-13)16(19)10-4-3-5-11-16/h6-9,15,18-19H,3-5,10-12H2,1-2H3/i1D3,2D3,3D2,4D2,5D2,10D2,11D2,12D2. The third-order valence-corrected chi connectivity index (χ3v) is 2.53. The molecule has 1 aromatic carbocycles. The Morgan fingerprint density at radius 2 is 1.95 bits per heavy atom. The fourth-order valence-corrected chi connectivity index (χ4v) is 1.66. The highest BCUT2D eigenvalue weighted by Crippen LogP contribution is 2.40. The summed E-state index contributed by atoms with van der Waals surface area (Å²) < 4.78 is 145. The lowest BCUT2D eigenvalue weighted by Gasteiger charge is -2.40. The first-order valence-electron chi connectivity index (χ1n) is 14.3. The van der Waals surface area contributed by atoms with E-state index in [0.717, 1.165) is 24.3 Å². The van der Waals surface area contributed by atoms with Gasteiger partial charge in [0.2, 0.25) is 0 Å². The zero-order chi connectivity index (χ0) is 29.6. The van der Waals surface area contributed by atoms with Gasteiger partial charge in [-0.2, -0.15) is 0 Å². The van der Waals surface area contributed by atoms with Crippen LogP contribution in [0.4, 0.5) is 0 Å². The maximum Gasteiger partial charge on any atom is 0.115 e. The third-order valence-electron chi connectivity index (χ3n) is 2.53. The van der Waals surface area contributed by atoms with Crippen LogP contribution in [0, 0.1) is 0 Å². The summed E-state index contributed by atoms with van der Waals surface area (Å²) in [6.45, 7) is -11.7. The molecule has 1 aliphatic rings. The molecule has 2 rings (SSSR count). The number of hydrogen-bond donors (Lipinski definition) is 2. The van der Waals surface area contributed by atoms with Crippen molar-refractivity contribution in [2.24, 2.45) is 0 Å². The number of aliphatic hydroxyl groups is 1. The Morgan fingerprint density at radius 1 is 1.32 bits per heavy atom. The second-order valence-electron chi connectivity index (χ2n) is 3.88. The van der Waals surface area contributed by atoms with Crippen LogP contribution in [0.2, 0.25) is 0 Å². The topological polar surface area (TPSA) is 43.7 Å². The van der Waals surface area contributed by atoms with Gasteiger partial charge in [-0.1, -0.05) is 31.3 Å². The maximum atomic E-state index is 11.8. The average Bonchev–Trinajstić information content (AvgIpc) is 2.64. The van der Waals surface area contributed by atoms with Crippen molar-refractivity contribution >= 4 is 0 Å². The van der Waals surface area contributed by atoms with Crippen molar-refractivity contribution in [2.45, 2.75) is 43.4 Å². The molecule has 3 heteroatoms. The molecule has 0 bridgehead atoms. The quantitative estimate of drug-likeness (QED) is 0.892. The lowest BCUT2D eigenvalue weighted by molar-refractivity contribution is -0.0277. The van der Waals surface area contributed by atoms with Crippen LogP contribution in [0.3, 0.4) is 0 Å². The molecule has 1 unspecified atom stereocenters. The smallest absolute Gasteiger partial charge is 0.115 e. The van der Waals surface area contributed by atoms with Crippen LogP contribution in [0.5, 0.6) is 5.75 Å². The zero-order valence-corrected chi connectivity index (χ0v) is 9.73. The van der Waals surface area contributed by atoms with E-state index < -0.39 is 80.0 Å². The normalized spacial score (nSPS) is 49.8. The van der Waals surface area contributed by atoms with Crippen LogP contribution in [-0.2, 0) is 0 Å². The Hall–Kier alpha value is -1.06.